The first kappa shape index (κ1) is 19.1. The summed E-state index contributed by atoms with van der Waals surface area (Å²) in [4.78, 5) is 14.2. The molecule has 7 heteroatoms. The van der Waals surface area contributed by atoms with Gasteiger partial charge in [0.15, 0.2) is 5.96 Å². The summed E-state index contributed by atoms with van der Waals surface area (Å²) >= 11 is 1.79. The number of thiazole rings is 1. The highest BCUT2D eigenvalue weighted by atomic mass is 32.1. The molecular formula is C20H26N6S. The van der Waals surface area contributed by atoms with Crippen molar-refractivity contribution in [3.05, 3.63) is 70.2 Å². The van der Waals surface area contributed by atoms with Crippen LogP contribution >= 0.6 is 11.3 Å². The van der Waals surface area contributed by atoms with Crippen LogP contribution < -0.4 is 10.6 Å². The molecule has 0 saturated carbocycles. The average Bonchev–Trinajstić information content (AvgIpc) is 3.37. The van der Waals surface area contributed by atoms with Crippen LogP contribution in [-0.2, 0) is 25.9 Å². The third-order valence-corrected chi connectivity index (χ3v) is 5.41. The average molecular weight is 383 g/mol. The zero-order valence-electron chi connectivity index (χ0n) is 15.9. The molecule has 0 unspecified atom stereocenters. The summed E-state index contributed by atoms with van der Waals surface area (Å²) in [5.41, 5.74) is 2.48. The van der Waals surface area contributed by atoms with E-state index in [9.17, 15) is 0 Å². The van der Waals surface area contributed by atoms with E-state index in [2.05, 4.69) is 61.4 Å². The first-order chi connectivity index (χ1) is 13.3. The minimum absolute atomic E-state index is 0.738. The van der Waals surface area contributed by atoms with Crippen LogP contribution in [0.1, 0.15) is 27.9 Å². The van der Waals surface area contributed by atoms with Crippen LogP contribution in [0, 0.1) is 0 Å². The van der Waals surface area contributed by atoms with Crippen molar-refractivity contribution in [2.75, 3.05) is 13.6 Å². The SMILES string of the molecule is CCc1cnc(CCNC(=NC)NCc2ccc(Cn3ccnc3)cc2)s1. The number of imidazole rings is 1. The lowest BCUT2D eigenvalue weighted by Gasteiger charge is -2.12. The molecule has 0 amide bonds. The van der Waals surface area contributed by atoms with Gasteiger partial charge in [-0.05, 0) is 17.5 Å². The summed E-state index contributed by atoms with van der Waals surface area (Å²) in [7, 11) is 1.79. The molecule has 0 fully saturated rings. The van der Waals surface area contributed by atoms with Gasteiger partial charge in [0.1, 0.15) is 0 Å². The van der Waals surface area contributed by atoms with Gasteiger partial charge in [-0.25, -0.2) is 9.97 Å². The second-order valence-electron chi connectivity index (χ2n) is 6.23. The second-order valence-corrected chi connectivity index (χ2v) is 7.43. The fourth-order valence-electron chi connectivity index (χ4n) is 2.67. The molecule has 2 N–H and O–H groups in total. The van der Waals surface area contributed by atoms with E-state index in [1.165, 1.54) is 21.0 Å². The van der Waals surface area contributed by atoms with E-state index in [1.54, 1.807) is 24.6 Å². The number of benzene rings is 1. The first-order valence-electron chi connectivity index (χ1n) is 9.18. The van der Waals surface area contributed by atoms with Crippen molar-refractivity contribution in [2.24, 2.45) is 4.99 Å². The molecule has 27 heavy (non-hydrogen) atoms. The third kappa shape index (κ3) is 5.92. The standard InChI is InChI=1S/C20H26N6S/c1-3-18-13-24-19(27-18)8-9-23-20(21-2)25-12-16-4-6-17(7-5-16)14-26-11-10-22-15-26/h4-7,10-11,13,15H,3,8-9,12,14H2,1-2H3,(H2,21,23,25). The fraction of sp³-hybridized carbons (Fsp3) is 0.350. The van der Waals surface area contributed by atoms with Gasteiger partial charge in [0.25, 0.3) is 0 Å². The Morgan fingerprint density at radius 1 is 1.19 bits per heavy atom. The van der Waals surface area contributed by atoms with Gasteiger partial charge in [0, 0.05) is 56.6 Å². The van der Waals surface area contributed by atoms with E-state index in [4.69, 9.17) is 0 Å². The van der Waals surface area contributed by atoms with Gasteiger partial charge < -0.3 is 15.2 Å². The maximum atomic E-state index is 4.45. The fourth-order valence-corrected chi connectivity index (χ4v) is 3.54. The van der Waals surface area contributed by atoms with Crippen molar-refractivity contribution < 1.29 is 0 Å². The van der Waals surface area contributed by atoms with Gasteiger partial charge in [0.05, 0.1) is 11.3 Å². The number of nitrogens with one attached hydrogen (secondary N) is 2. The van der Waals surface area contributed by atoms with E-state index in [1.807, 2.05) is 18.7 Å². The second kappa shape index (κ2) is 9.87. The summed E-state index contributed by atoms with van der Waals surface area (Å²) < 4.78 is 2.06. The van der Waals surface area contributed by atoms with Gasteiger partial charge in [0.2, 0.25) is 0 Å². The maximum Gasteiger partial charge on any atom is 0.191 e. The molecule has 142 valence electrons. The van der Waals surface area contributed by atoms with Crippen LogP contribution in [0.15, 0.2) is 54.2 Å². The van der Waals surface area contributed by atoms with Gasteiger partial charge in [-0.3, -0.25) is 4.99 Å². The summed E-state index contributed by atoms with van der Waals surface area (Å²) in [6, 6.07) is 8.60. The van der Waals surface area contributed by atoms with E-state index in [0.717, 1.165) is 38.4 Å². The Hall–Kier alpha value is -2.67. The summed E-state index contributed by atoms with van der Waals surface area (Å²) in [6.07, 6.45) is 9.54. The molecule has 0 bridgehead atoms. The topological polar surface area (TPSA) is 67.1 Å². The van der Waals surface area contributed by atoms with Crippen molar-refractivity contribution in [1.29, 1.82) is 0 Å². The molecule has 0 radical (unpaired) electrons. The number of rotatable bonds is 8. The van der Waals surface area contributed by atoms with Gasteiger partial charge >= 0.3 is 0 Å². The van der Waals surface area contributed by atoms with E-state index in [-0.39, 0.29) is 0 Å². The summed E-state index contributed by atoms with van der Waals surface area (Å²) in [5, 5.41) is 7.88. The monoisotopic (exact) mass is 382 g/mol. The molecule has 2 heterocycles. The molecule has 0 spiro atoms. The molecule has 2 aromatic heterocycles. The summed E-state index contributed by atoms with van der Waals surface area (Å²) in [6.45, 7) is 4.56. The Kier molecular flexibility index (Phi) is 6.98. The van der Waals surface area contributed by atoms with Gasteiger partial charge in [-0.2, -0.15) is 0 Å². The molecule has 0 aliphatic carbocycles. The minimum atomic E-state index is 0.738. The van der Waals surface area contributed by atoms with Crippen molar-refractivity contribution in [2.45, 2.75) is 32.9 Å². The van der Waals surface area contributed by atoms with Gasteiger partial charge in [-0.15, -0.1) is 11.3 Å². The number of nitrogens with zero attached hydrogens (tertiary/aromatic N) is 4. The Morgan fingerprint density at radius 3 is 2.67 bits per heavy atom. The zero-order valence-corrected chi connectivity index (χ0v) is 16.7. The molecule has 0 aliphatic heterocycles. The number of hydrogen-bond acceptors (Lipinski definition) is 4. The predicted molar refractivity (Wildman–Crippen MR) is 111 cm³/mol. The number of aliphatic imine (C=N–C) groups is 1. The molecule has 6 nitrogen and oxygen atoms in total. The Labute approximate surface area is 164 Å². The van der Waals surface area contributed by atoms with Crippen LogP contribution in [0.3, 0.4) is 0 Å². The number of aryl methyl sites for hydroxylation is 1. The summed E-state index contributed by atoms with van der Waals surface area (Å²) in [5.74, 6) is 0.810. The maximum absolute atomic E-state index is 4.45. The Bertz CT molecular complexity index is 836. The normalized spacial score (nSPS) is 11.6. The van der Waals surface area contributed by atoms with Crippen LogP contribution in [0.2, 0.25) is 0 Å². The van der Waals surface area contributed by atoms with Crippen molar-refractivity contribution >= 4 is 17.3 Å². The minimum Gasteiger partial charge on any atom is -0.356 e. The lowest BCUT2D eigenvalue weighted by Crippen LogP contribution is -2.37. The van der Waals surface area contributed by atoms with Crippen LogP contribution in [0.25, 0.3) is 0 Å². The molecular weight excluding hydrogens is 356 g/mol. The molecule has 3 aromatic rings. The Morgan fingerprint density at radius 2 is 2.00 bits per heavy atom. The van der Waals surface area contributed by atoms with Crippen LogP contribution in [0.4, 0.5) is 0 Å². The van der Waals surface area contributed by atoms with Crippen LogP contribution in [-0.4, -0.2) is 34.1 Å². The smallest absolute Gasteiger partial charge is 0.191 e. The Balaban J connectivity index is 1.42. The molecule has 0 saturated heterocycles. The predicted octanol–water partition coefficient (Wildman–Crippen LogP) is 2.86. The van der Waals surface area contributed by atoms with Crippen molar-refractivity contribution in [3.63, 3.8) is 0 Å². The highest BCUT2D eigenvalue weighted by Gasteiger charge is 2.03. The molecule has 0 atom stereocenters. The van der Waals surface area contributed by atoms with E-state index < -0.39 is 0 Å². The van der Waals surface area contributed by atoms with E-state index >= 15 is 0 Å². The zero-order chi connectivity index (χ0) is 18.9. The van der Waals surface area contributed by atoms with Crippen molar-refractivity contribution in [3.8, 4) is 0 Å². The lowest BCUT2D eigenvalue weighted by molar-refractivity contribution is 0.786. The molecule has 0 aliphatic rings. The number of aromatic nitrogens is 3. The molecule has 1 aromatic carbocycles. The van der Waals surface area contributed by atoms with Gasteiger partial charge in [-0.1, -0.05) is 31.2 Å². The number of guanidine groups is 1. The highest BCUT2D eigenvalue weighted by Crippen LogP contribution is 2.13. The van der Waals surface area contributed by atoms with Crippen LogP contribution in [0.5, 0.6) is 0 Å². The quantitative estimate of drug-likeness (QED) is 0.464. The largest absolute Gasteiger partial charge is 0.356 e. The number of hydrogen-bond donors (Lipinski definition) is 2. The van der Waals surface area contributed by atoms with Crippen molar-refractivity contribution in [1.82, 2.24) is 25.2 Å². The highest BCUT2D eigenvalue weighted by molar-refractivity contribution is 7.11. The first-order valence-corrected chi connectivity index (χ1v) is 10.00. The third-order valence-electron chi connectivity index (χ3n) is 4.21. The lowest BCUT2D eigenvalue weighted by atomic mass is 10.1. The van der Waals surface area contributed by atoms with E-state index in [0.29, 0.717) is 0 Å². The molecule has 3 rings (SSSR count).